The summed E-state index contributed by atoms with van der Waals surface area (Å²) in [5, 5.41) is 9.38. The third kappa shape index (κ3) is 3.49. The zero-order valence-corrected chi connectivity index (χ0v) is 14.1. The minimum absolute atomic E-state index is 0.0382. The fourth-order valence-corrected chi connectivity index (χ4v) is 3.64. The van der Waals surface area contributed by atoms with E-state index in [-0.39, 0.29) is 11.7 Å². The highest BCUT2D eigenvalue weighted by molar-refractivity contribution is 5.99. The van der Waals surface area contributed by atoms with Crippen LogP contribution in [0.1, 0.15) is 52.7 Å². The maximum atomic E-state index is 13.0. The van der Waals surface area contributed by atoms with Gasteiger partial charge in [-0.05, 0) is 61.4 Å². The van der Waals surface area contributed by atoms with E-state index in [0.717, 1.165) is 49.5 Å². The Morgan fingerprint density at radius 1 is 1.29 bits per heavy atom. The van der Waals surface area contributed by atoms with E-state index in [0.29, 0.717) is 11.1 Å². The molecule has 0 radical (unpaired) electrons. The van der Waals surface area contributed by atoms with Crippen LogP contribution in [0.15, 0.2) is 25.3 Å². The van der Waals surface area contributed by atoms with E-state index in [9.17, 15) is 10.1 Å². The first kappa shape index (κ1) is 16.7. The predicted molar refractivity (Wildman–Crippen MR) is 97.6 cm³/mol. The number of piperidine rings is 1. The lowest BCUT2D eigenvalue weighted by Crippen LogP contribution is -2.39. The van der Waals surface area contributed by atoms with Crippen molar-refractivity contribution in [2.24, 2.45) is 11.8 Å². The van der Waals surface area contributed by atoms with Crippen LogP contribution in [-0.4, -0.2) is 30.3 Å². The van der Waals surface area contributed by atoms with Crippen molar-refractivity contribution in [3.8, 4) is 6.07 Å². The second-order valence-corrected chi connectivity index (χ2v) is 6.95. The van der Waals surface area contributed by atoms with Crippen molar-refractivity contribution in [3.05, 3.63) is 47.5 Å². The van der Waals surface area contributed by atoms with Gasteiger partial charge in [-0.15, -0.1) is 0 Å². The van der Waals surface area contributed by atoms with Gasteiger partial charge in [0.25, 0.3) is 0 Å². The number of nitriles is 1. The minimum Gasteiger partial charge on any atom is -0.302 e. The second-order valence-electron chi connectivity index (χ2n) is 6.95. The summed E-state index contributed by atoms with van der Waals surface area (Å²) < 4.78 is 0. The third-order valence-corrected chi connectivity index (χ3v) is 5.13. The molecule has 0 amide bonds. The molecule has 0 bridgehead atoms. The lowest BCUT2D eigenvalue weighted by molar-refractivity contribution is 0.0814. The average molecular weight is 320 g/mol. The first-order valence-electron chi connectivity index (χ1n) is 8.75. The van der Waals surface area contributed by atoms with Crippen LogP contribution < -0.4 is 0 Å². The third-order valence-electron chi connectivity index (χ3n) is 5.13. The standard InChI is InChI=1S/C21H24N2O/c1-3-16-10-18(11-19(12-22)20(16)4-2)21(24)17-6-5-9-23(14-17)13-15-7-8-15/h3-4,10-11,15,17H,1-2,5-9,13-14H2. The summed E-state index contributed by atoms with van der Waals surface area (Å²) in [5.41, 5.74) is 2.68. The van der Waals surface area contributed by atoms with Crippen LogP contribution >= 0.6 is 0 Å². The summed E-state index contributed by atoms with van der Waals surface area (Å²) in [5.74, 6) is 1.05. The van der Waals surface area contributed by atoms with Gasteiger partial charge < -0.3 is 4.90 Å². The molecule has 1 unspecified atom stereocenters. The monoisotopic (exact) mass is 320 g/mol. The van der Waals surface area contributed by atoms with Crippen LogP contribution in [0, 0.1) is 23.2 Å². The number of carbonyl (C=O) groups excluding carboxylic acids is 1. The van der Waals surface area contributed by atoms with Gasteiger partial charge in [-0.25, -0.2) is 0 Å². The first-order chi connectivity index (χ1) is 11.7. The molecule has 1 aliphatic carbocycles. The highest BCUT2D eigenvalue weighted by atomic mass is 16.1. The Balaban J connectivity index is 1.82. The van der Waals surface area contributed by atoms with Crippen LogP contribution in [0.3, 0.4) is 0 Å². The van der Waals surface area contributed by atoms with E-state index in [1.165, 1.54) is 12.8 Å². The lowest BCUT2D eigenvalue weighted by Gasteiger charge is -2.32. The maximum absolute atomic E-state index is 13.0. The summed E-state index contributed by atoms with van der Waals surface area (Å²) in [6, 6.07) is 5.75. The number of ketones is 1. The number of likely N-dealkylation sites (tertiary alicyclic amines) is 1. The number of benzene rings is 1. The quantitative estimate of drug-likeness (QED) is 0.740. The van der Waals surface area contributed by atoms with E-state index in [1.54, 1.807) is 18.2 Å². The van der Waals surface area contributed by atoms with Crippen LogP contribution in [0.2, 0.25) is 0 Å². The molecule has 24 heavy (non-hydrogen) atoms. The van der Waals surface area contributed by atoms with Crippen molar-refractivity contribution in [2.75, 3.05) is 19.6 Å². The Labute approximate surface area is 144 Å². The van der Waals surface area contributed by atoms with Gasteiger partial charge in [0.15, 0.2) is 5.78 Å². The highest BCUT2D eigenvalue weighted by Gasteiger charge is 2.31. The second kappa shape index (κ2) is 7.15. The molecule has 0 N–H and O–H groups in total. The summed E-state index contributed by atoms with van der Waals surface area (Å²) in [6.07, 6.45) is 8.04. The van der Waals surface area contributed by atoms with E-state index >= 15 is 0 Å². The van der Waals surface area contributed by atoms with Crippen molar-refractivity contribution in [1.82, 2.24) is 4.90 Å². The molecule has 3 rings (SSSR count). The Bertz CT molecular complexity index is 709. The molecule has 3 heteroatoms. The topological polar surface area (TPSA) is 44.1 Å². The number of hydrogen-bond acceptors (Lipinski definition) is 3. The summed E-state index contributed by atoms with van der Waals surface area (Å²) in [7, 11) is 0. The Morgan fingerprint density at radius 3 is 2.71 bits per heavy atom. The molecule has 2 aliphatic rings. The largest absolute Gasteiger partial charge is 0.302 e. The highest BCUT2D eigenvalue weighted by Crippen LogP contribution is 2.32. The molecule has 1 atom stereocenters. The van der Waals surface area contributed by atoms with Gasteiger partial charge in [0.1, 0.15) is 0 Å². The van der Waals surface area contributed by atoms with E-state index < -0.39 is 0 Å². The average Bonchev–Trinajstić information content (AvgIpc) is 3.43. The molecule has 1 aliphatic heterocycles. The molecule has 1 heterocycles. The SMILES string of the molecule is C=Cc1cc(C(=O)C2CCCN(CC3CC3)C2)cc(C#N)c1C=C. The van der Waals surface area contributed by atoms with Crippen molar-refractivity contribution >= 4 is 17.9 Å². The molecular formula is C21H24N2O. The van der Waals surface area contributed by atoms with Crippen LogP contribution in [0.5, 0.6) is 0 Å². The molecule has 3 nitrogen and oxygen atoms in total. The van der Waals surface area contributed by atoms with Gasteiger partial charge in [0.2, 0.25) is 0 Å². The zero-order valence-electron chi connectivity index (χ0n) is 14.1. The molecule has 1 aromatic rings. The van der Waals surface area contributed by atoms with Crippen LogP contribution in [-0.2, 0) is 0 Å². The maximum Gasteiger partial charge on any atom is 0.167 e. The number of rotatable bonds is 6. The van der Waals surface area contributed by atoms with Gasteiger partial charge >= 0.3 is 0 Å². The first-order valence-corrected chi connectivity index (χ1v) is 8.75. The molecule has 1 saturated carbocycles. The van der Waals surface area contributed by atoms with E-state index in [2.05, 4.69) is 24.1 Å². The smallest absolute Gasteiger partial charge is 0.167 e. The van der Waals surface area contributed by atoms with E-state index in [4.69, 9.17) is 0 Å². The summed E-state index contributed by atoms with van der Waals surface area (Å²) in [4.78, 5) is 15.4. The van der Waals surface area contributed by atoms with Crippen molar-refractivity contribution in [3.63, 3.8) is 0 Å². The van der Waals surface area contributed by atoms with E-state index in [1.807, 2.05) is 6.07 Å². The summed E-state index contributed by atoms with van der Waals surface area (Å²) >= 11 is 0. The van der Waals surface area contributed by atoms with Crippen molar-refractivity contribution in [2.45, 2.75) is 25.7 Å². The Kier molecular flexibility index (Phi) is 4.97. The van der Waals surface area contributed by atoms with Gasteiger partial charge in [-0.3, -0.25) is 4.79 Å². The van der Waals surface area contributed by atoms with Crippen molar-refractivity contribution in [1.29, 1.82) is 5.26 Å². The fraction of sp³-hybridized carbons (Fsp3) is 0.429. The molecule has 124 valence electrons. The minimum atomic E-state index is 0.0382. The summed E-state index contributed by atoms with van der Waals surface area (Å²) in [6.45, 7) is 10.7. The zero-order chi connectivity index (χ0) is 17.1. The lowest BCUT2D eigenvalue weighted by atomic mass is 9.87. The number of nitrogens with zero attached hydrogens (tertiary/aromatic N) is 2. The van der Waals surface area contributed by atoms with Gasteiger partial charge in [-0.1, -0.05) is 25.3 Å². The number of Topliss-reactive ketones (excluding diaryl/α,β-unsaturated/α-hetero) is 1. The van der Waals surface area contributed by atoms with Gasteiger partial charge in [0, 0.05) is 24.6 Å². The van der Waals surface area contributed by atoms with Gasteiger partial charge in [-0.2, -0.15) is 5.26 Å². The Hall–Kier alpha value is -2.18. The molecule has 0 aromatic heterocycles. The number of hydrogen-bond donors (Lipinski definition) is 0. The van der Waals surface area contributed by atoms with Crippen LogP contribution in [0.25, 0.3) is 12.2 Å². The Morgan fingerprint density at radius 2 is 2.08 bits per heavy atom. The normalized spacial score (nSPS) is 21.0. The molecule has 2 fully saturated rings. The van der Waals surface area contributed by atoms with Crippen LogP contribution in [0.4, 0.5) is 0 Å². The predicted octanol–water partition coefficient (Wildman–Crippen LogP) is 4.15. The fourth-order valence-electron chi connectivity index (χ4n) is 3.64. The van der Waals surface area contributed by atoms with Crippen molar-refractivity contribution < 1.29 is 4.79 Å². The van der Waals surface area contributed by atoms with Gasteiger partial charge in [0.05, 0.1) is 11.6 Å². The molecule has 1 saturated heterocycles. The number of carbonyl (C=O) groups is 1. The molecule has 0 spiro atoms. The molecule has 1 aromatic carbocycles. The molecular weight excluding hydrogens is 296 g/mol.